The molecule has 1 fully saturated rings. The number of rotatable bonds is 9. The van der Waals surface area contributed by atoms with E-state index in [2.05, 4.69) is 13.8 Å². The van der Waals surface area contributed by atoms with Crippen molar-refractivity contribution in [1.29, 1.82) is 0 Å². The van der Waals surface area contributed by atoms with Gasteiger partial charge in [-0.25, -0.2) is 13.2 Å². The summed E-state index contributed by atoms with van der Waals surface area (Å²) in [4.78, 5) is 1.72. The number of benzene rings is 2. The van der Waals surface area contributed by atoms with E-state index in [0.717, 1.165) is 12.0 Å². The molecule has 0 heterocycles. The molecule has 0 aromatic heterocycles. The van der Waals surface area contributed by atoms with Crippen molar-refractivity contribution in [2.24, 2.45) is 5.92 Å². The molecule has 0 bridgehead atoms. The van der Waals surface area contributed by atoms with Crippen molar-refractivity contribution in [1.82, 2.24) is 0 Å². The number of halogens is 3. The van der Waals surface area contributed by atoms with Gasteiger partial charge in [0.2, 0.25) is 0 Å². The quantitative estimate of drug-likeness (QED) is 0.525. The van der Waals surface area contributed by atoms with E-state index >= 15 is 0 Å². The highest BCUT2D eigenvalue weighted by Crippen LogP contribution is 2.32. The predicted molar refractivity (Wildman–Crippen MR) is 114 cm³/mol. The lowest BCUT2D eigenvalue weighted by Crippen LogP contribution is -2.38. The van der Waals surface area contributed by atoms with Crippen LogP contribution in [0.4, 0.5) is 18.9 Å². The van der Waals surface area contributed by atoms with Gasteiger partial charge < -0.3 is 14.7 Å². The van der Waals surface area contributed by atoms with E-state index in [4.69, 9.17) is 4.74 Å². The average molecular weight is 422 g/mol. The molecular formula is C24H30F3NO2. The second kappa shape index (κ2) is 10.2. The molecule has 3 rings (SSSR count). The first kappa shape index (κ1) is 22.5. The highest BCUT2D eigenvalue weighted by Gasteiger charge is 2.28. The summed E-state index contributed by atoms with van der Waals surface area (Å²) >= 11 is 0. The SMILES string of the molecule is CC(C)c1cccc(Oc2cccc(N(CC3CCC(F)C3)CC(O)C(F)F)c2)c1. The summed E-state index contributed by atoms with van der Waals surface area (Å²) in [7, 11) is 0. The molecule has 0 aliphatic heterocycles. The van der Waals surface area contributed by atoms with E-state index in [9.17, 15) is 18.3 Å². The molecule has 3 nitrogen and oxygen atoms in total. The van der Waals surface area contributed by atoms with Crippen LogP contribution >= 0.6 is 0 Å². The Morgan fingerprint density at radius 1 is 1.07 bits per heavy atom. The highest BCUT2D eigenvalue weighted by atomic mass is 19.3. The number of aliphatic hydroxyl groups excluding tert-OH is 1. The fraction of sp³-hybridized carbons (Fsp3) is 0.500. The third-order valence-electron chi connectivity index (χ3n) is 5.60. The fourth-order valence-corrected chi connectivity index (χ4v) is 3.90. The van der Waals surface area contributed by atoms with Crippen LogP contribution in [0.3, 0.4) is 0 Å². The van der Waals surface area contributed by atoms with E-state index in [1.807, 2.05) is 24.3 Å². The molecule has 3 atom stereocenters. The van der Waals surface area contributed by atoms with Crippen LogP contribution in [0.5, 0.6) is 11.5 Å². The van der Waals surface area contributed by atoms with Gasteiger partial charge in [0.05, 0.1) is 0 Å². The molecule has 0 spiro atoms. The summed E-state index contributed by atoms with van der Waals surface area (Å²) in [5.74, 6) is 1.74. The molecule has 1 aliphatic carbocycles. The second-order valence-electron chi connectivity index (χ2n) is 8.41. The van der Waals surface area contributed by atoms with Gasteiger partial charge >= 0.3 is 0 Å². The maximum Gasteiger partial charge on any atom is 0.265 e. The number of hydrogen-bond donors (Lipinski definition) is 1. The molecule has 1 aliphatic rings. The van der Waals surface area contributed by atoms with Gasteiger partial charge in [-0.3, -0.25) is 0 Å². The van der Waals surface area contributed by atoms with Gasteiger partial charge in [0.1, 0.15) is 23.8 Å². The van der Waals surface area contributed by atoms with Crippen molar-refractivity contribution in [3.05, 3.63) is 54.1 Å². The van der Waals surface area contributed by atoms with Crippen LogP contribution in [0, 0.1) is 5.92 Å². The monoisotopic (exact) mass is 421 g/mol. The first-order valence-electron chi connectivity index (χ1n) is 10.5. The summed E-state index contributed by atoms with van der Waals surface area (Å²) in [6, 6.07) is 15.0. The number of anilines is 1. The van der Waals surface area contributed by atoms with Gasteiger partial charge in [-0.15, -0.1) is 0 Å². The Kier molecular flexibility index (Phi) is 7.64. The molecule has 0 radical (unpaired) electrons. The summed E-state index contributed by atoms with van der Waals surface area (Å²) in [6.45, 7) is 4.43. The van der Waals surface area contributed by atoms with Gasteiger partial charge in [-0.05, 0) is 60.9 Å². The highest BCUT2D eigenvalue weighted by molar-refractivity contribution is 5.52. The van der Waals surface area contributed by atoms with E-state index in [0.29, 0.717) is 42.5 Å². The molecule has 6 heteroatoms. The van der Waals surface area contributed by atoms with Crippen LogP contribution in [-0.2, 0) is 0 Å². The number of nitrogens with zero attached hydrogens (tertiary/aromatic N) is 1. The van der Waals surface area contributed by atoms with Crippen molar-refractivity contribution in [2.75, 3.05) is 18.0 Å². The predicted octanol–water partition coefficient (Wildman–Crippen LogP) is 6.17. The lowest BCUT2D eigenvalue weighted by molar-refractivity contribution is 0.000113. The minimum absolute atomic E-state index is 0.0807. The van der Waals surface area contributed by atoms with Gasteiger partial charge in [0, 0.05) is 24.8 Å². The van der Waals surface area contributed by atoms with Crippen LogP contribution in [0.15, 0.2) is 48.5 Å². The van der Waals surface area contributed by atoms with E-state index in [-0.39, 0.29) is 12.5 Å². The van der Waals surface area contributed by atoms with E-state index < -0.39 is 18.7 Å². The van der Waals surface area contributed by atoms with Crippen molar-refractivity contribution < 1.29 is 23.0 Å². The lowest BCUT2D eigenvalue weighted by atomic mass is 10.0. The summed E-state index contributed by atoms with van der Waals surface area (Å²) in [5.41, 5.74) is 1.84. The second-order valence-corrected chi connectivity index (χ2v) is 8.41. The minimum atomic E-state index is -2.83. The Labute approximate surface area is 176 Å². The summed E-state index contributed by atoms with van der Waals surface area (Å²) < 4.78 is 45.6. The van der Waals surface area contributed by atoms with Crippen LogP contribution in [0.25, 0.3) is 0 Å². The zero-order valence-corrected chi connectivity index (χ0v) is 17.5. The normalized spacial score (nSPS) is 20.0. The molecule has 30 heavy (non-hydrogen) atoms. The van der Waals surface area contributed by atoms with E-state index in [1.54, 1.807) is 29.2 Å². The topological polar surface area (TPSA) is 32.7 Å². The molecule has 2 aromatic rings. The summed E-state index contributed by atoms with van der Waals surface area (Å²) in [6.07, 6.45) is -3.77. The average Bonchev–Trinajstić information content (AvgIpc) is 3.12. The van der Waals surface area contributed by atoms with Crippen molar-refractivity contribution >= 4 is 5.69 Å². The molecule has 164 valence electrons. The third-order valence-corrected chi connectivity index (χ3v) is 5.60. The van der Waals surface area contributed by atoms with Crippen LogP contribution in [-0.4, -0.2) is 36.9 Å². The standard InChI is InChI=1S/C24H30F3NO2/c1-16(2)18-5-3-7-21(12-18)30-22-8-4-6-20(13-22)28(15-23(29)24(26)27)14-17-9-10-19(25)11-17/h3-8,12-13,16-17,19,23-24,29H,9-11,14-15H2,1-2H3. The van der Waals surface area contributed by atoms with Crippen molar-refractivity contribution in [2.45, 2.75) is 57.7 Å². The van der Waals surface area contributed by atoms with Crippen LogP contribution in [0.1, 0.15) is 44.6 Å². The van der Waals surface area contributed by atoms with Crippen LogP contribution in [0.2, 0.25) is 0 Å². The first-order chi connectivity index (χ1) is 14.3. The Morgan fingerprint density at radius 3 is 2.40 bits per heavy atom. The maximum atomic E-state index is 13.6. The Balaban J connectivity index is 1.78. The largest absolute Gasteiger partial charge is 0.457 e. The molecule has 2 aromatic carbocycles. The number of hydrogen-bond acceptors (Lipinski definition) is 3. The number of ether oxygens (including phenoxy) is 1. The molecule has 3 unspecified atom stereocenters. The minimum Gasteiger partial charge on any atom is -0.457 e. The van der Waals surface area contributed by atoms with E-state index in [1.165, 1.54) is 0 Å². The molecule has 0 saturated heterocycles. The van der Waals surface area contributed by atoms with Crippen molar-refractivity contribution in [3.63, 3.8) is 0 Å². The smallest absolute Gasteiger partial charge is 0.265 e. The molecule has 0 amide bonds. The van der Waals surface area contributed by atoms with Crippen molar-refractivity contribution in [3.8, 4) is 11.5 Å². The first-order valence-corrected chi connectivity index (χ1v) is 10.5. The zero-order chi connectivity index (χ0) is 21.7. The number of alkyl halides is 3. The Bertz CT molecular complexity index is 815. The Hall–Kier alpha value is -2.21. The van der Waals surface area contributed by atoms with Gasteiger partial charge in [-0.2, -0.15) is 0 Å². The molecular weight excluding hydrogens is 391 g/mol. The Morgan fingerprint density at radius 2 is 1.77 bits per heavy atom. The maximum absolute atomic E-state index is 13.6. The third kappa shape index (κ3) is 6.14. The van der Waals surface area contributed by atoms with Gasteiger partial charge in [-0.1, -0.05) is 32.0 Å². The molecule has 1 saturated carbocycles. The van der Waals surface area contributed by atoms with Gasteiger partial charge in [0.25, 0.3) is 6.43 Å². The lowest BCUT2D eigenvalue weighted by Gasteiger charge is -2.30. The van der Waals surface area contributed by atoms with Gasteiger partial charge in [0.15, 0.2) is 0 Å². The number of aliphatic hydroxyl groups is 1. The van der Waals surface area contributed by atoms with Crippen LogP contribution < -0.4 is 9.64 Å². The molecule has 1 N–H and O–H groups in total. The fourth-order valence-electron chi connectivity index (χ4n) is 3.90. The zero-order valence-electron chi connectivity index (χ0n) is 17.5. The summed E-state index contributed by atoms with van der Waals surface area (Å²) in [5, 5.41) is 9.77.